The van der Waals surface area contributed by atoms with Crippen LogP contribution < -0.4 is 0 Å². The summed E-state index contributed by atoms with van der Waals surface area (Å²) in [5.41, 5.74) is 0. The first-order valence-corrected chi connectivity index (χ1v) is 6.33. The molecule has 0 aromatic carbocycles. The second kappa shape index (κ2) is 5.12. The summed E-state index contributed by atoms with van der Waals surface area (Å²) in [5.74, 6) is -0.283. The topological polar surface area (TPSA) is 62.7 Å². The van der Waals surface area contributed by atoms with Crippen LogP contribution in [0.3, 0.4) is 0 Å². The van der Waals surface area contributed by atoms with Crippen LogP contribution in [0.25, 0.3) is 0 Å². The number of rotatable bonds is 3. The largest absolute Gasteiger partial charge is 0.468 e. The molecule has 1 fully saturated rings. The molecule has 5 nitrogen and oxygen atoms in total. The number of thiazole rings is 1. The SMILES string of the molecule is COC(=O)C1CC(O)CN1Cc1ncc(C)s1. The zero-order valence-electron chi connectivity index (χ0n) is 9.92. The molecule has 0 aliphatic carbocycles. The molecule has 1 aliphatic rings. The van der Waals surface area contributed by atoms with E-state index >= 15 is 0 Å². The first kappa shape index (κ1) is 12.5. The standard InChI is InChI=1S/C11H16N2O3S/c1-7-4-12-10(17-7)6-13-5-8(14)3-9(13)11(15)16-2/h4,8-9,14H,3,5-6H2,1-2H3. The molecule has 1 aromatic rings. The molecule has 1 saturated heterocycles. The number of methoxy groups -OCH3 is 1. The number of ether oxygens (including phenoxy) is 1. The Labute approximate surface area is 104 Å². The highest BCUT2D eigenvalue weighted by Crippen LogP contribution is 2.23. The molecule has 2 atom stereocenters. The Balaban J connectivity index is 2.05. The number of aromatic nitrogens is 1. The smallest absolute Gasteiger partial charge is 0.323 e. The second-order valence-corrected chi connectivity index (χ2v) is 5.54. The van der Waals surface area contributed by atoms with Gasteiger partial charge in [-0.3, -0.25) is 9.69 Å². The lowest BCUT2D eigenvalue weighted by Crippen LogP contribution is -2.36. The van der Waals surface area contributed by atoms with Crippen LogP contribution in [-0.4, -0.2) is 46.8 Å². The van der Waals surface area contributed by atoms with Crippen molar-refractivity contribution in [3.05, 3.63) is 16.1 Å². The number of hydrogen-bond donors (Lipinski definition) is 1. The van der Waals surface area contributed by atoms with Crippen molar-refractivity contribution in [2.24, 2.45) is 0 Å². The molecule has 1 aromatic heterocycles. The Morgan fingerprint density at radius 2 is 2.53 bits per heavy atom. The third kappa shape index (κ3) is 2.83. The number of carbonyl (C=O) groups is 1. The molecule has 0 radical (unpaired) electrons. The summed E-state index contributed by atoms with van der Waals surface area (Å²) in [6.07, 6.45) is 1.80. The van der Waals surface area contributed by atoms with E-state index in [0.29, 0.717) is 19.5 Å². The van der Waals surface area contributed by atoms with E-state index in [-0.39, 0.29) is 12.0 Å². The molecule has 0 bridgehead atoms. The van der Waals surface area contributed by atoms with Gasteiger partial charge >= 0.3 is 5.97 Å². The minimum absolute atomic E-state index is 0.283. The Kier molecular flexibility index (Phi) is 3.76. The first-order chi connectivity index (χ1) is 8.10. The molecule has 0 spiro atoms. The molecule has 0 saturated carbocycles. The van der Waals surface area contributed by atoms with E-state index in [4.69, 9.17) is 4.74 Å². The van der Waals surface area contributed by atoms with Crippen LogP contribution in [0, 0.1) is 6.92 Å². The molecular weight excluding hydrogens is 240 g/mol. The minimum Gasteiger partial charge on any atom is -0.468 e. The number of β-amino-alcohol motifs (C(OH)–C–C–N with tert-alkyl or cyclic N) is 1. The number of nitrogens with zero attached hydrogens (tertiary/aromatic N) is 2. The lowest BCUT2D eigenvalue weighted by atomic mass is 10.2. The molecule has 2 heterocycles. The van der Waals surface area contributed by atoms with Crippen LogP contribution >= 0.6 is 11.3 Å². The average Bonchev–Trinajstić information content (AvgIpc) is 2.85. The number of aryl methyl sites for hydroxylation is 1. The van der Waals surface area contributed by atoms with Crippen molar-refractivity contribution in [1.82, 2.24) is 9.88 Å². The van der Waals surface area contributed by atoms with Crippen molar-refractivity contribution in [2.75, 3.05) is 13.7 Å². The summed E-state index contributed by atoms with van der Waals surface area (Å²) in [6.45, 7) is 3.09. The zero-order chi connectivity index (χ0) is 12.4. The van der Waals surface area contributed by atoms with Crippen LogP contribution in [0.5, 0.6) is 0 Å². The Bertz CT molecular complexity index is 407. The van der Waals surface area contributed by atoms with E-state index in [0.717, 1.165) is 9.88 Å². The van der Waals surface area contributed by atoms with Crippen molar-refractivity contribution < 1.29 is 14.6 Å². The summed E-state index contributed by atoms with van der Waals surface area (Å²) >= 11 is 1.61. The van der Waals surface area contributed by atoms with Gasteiger partial charge in [0, 0.05) is 24.0 Å². The summed E-state index contributed by atoms with van der Waals surface area (Å²) < 4.78 is 4.75. The highest BCUT2D eigenvalue weighted by Gasteiger charge is 2.36. The van der Waals surface area contributed by atoms with Crippen LogP contribution in [0.1, 0.15) is 16.3 Å². The Hall–Kier alpha value is -0.980. The van der Waals surface area contributed by atoms with Gasteiger partial charge in [-0.1, -0.05) is 0 Å². The number of esters is 1. The monoisotopic (exact) mass is 256 g/mol. The van der Waals surface area contributed by atoms with E-state index < -0.39 is 6.10 Å². The highest BCUT2D eigenvalue weighted by atomic mass is 32.1. The van der Waals surface area contributed by atoms with Gasteiger partial charge in [0.25, 0.3) is 0 Å². The molecular formula is C11H16N2O3S. The maximum atomic E-state index is 11.6. The fraction of sp³-hybridized carbons (Fsp3) is 0.636. The van der Waals surface area contributed by atoms with Crippen molar-refractivity contribution in [1.29, 1.82) is 0 Å². The van der Waals surface area contributed by atoms with E-state index in [9.17, 15) is 9.90 Å². The Morgan fingerprint density at radius 3 is 3.12 bits per heavy atom. The summed E-state index contributed by atoms with van der Waals surface area (Å²) in [5, 5.41) is 10.6. The predicted octanol–water partition coefficient (Wildman–Crippen LogP) is 0.560. The molecule has 94 valence electrons. The van der Waals surface area contributed by atoms with Crippen molar-refractivity contribution in [2.45, 2.75) is 32.0 Å². The average molecular weight is 256 g/mol. The molecule has 2 unspecified atom stereocenters. The van der Waals surface area contributed by atoms with Gasteiger partial charge in [-0.2, -0.15) is 0 Å². The van der Waals surface area contributed by atoms with Crippen molar-refractivity contribution in [3.63, 3.8) is 0 Å². The summed E-state index contributed by atoms with van der Waals surface area (Å²) in [6, 6.07) is -0.348. The normalized spacial score (nSPS) is 25.1. The molecule has 1 N–H and O–H groups in total. The molecule has 17 heavy (non-hydrogen) atoms. The van der Waals surface area contributed by atoms with E-state index in [1.807, 2.05) is 18.0 Å². The third-order valence-corrected chi connectivity index (χ3v) is 3.76. The first-order valence-electron chi connectivity index (χ1n) is 5.51. The number of carbonyl (C=O) groups excluding carboxylic acids is 1. The third-order valence-electron chi connectivity index (χ3n) is 2.86. The van der Waals surface area contributed by atoms with Gasteiger partial charge < -0.3 is 9.84 Å². The number of aliphatic hydroxyl groups is 1. The van der Waals surface area contributed by atoms with Gasteiger partial charge in [0.1, 0.15) is 11.0 Å². The lowest BCUT2D eigenvalue weighted by molar-refractivity contribution is -0.146. The highest BCUT2D eigenvalue weighted by molar-refractivity contribution is 7.11. The van der Waals surface area contributed by atoms with Crippen LogP contribution in [-0.2, 0) is 16.1 Å². The summed E-state index contributed by atoms with van der Waals surface area (Å²) in [4.78, 5) is 18.9. The van der Waals surface area contributed by atoms with Gasteiger partial charge in [-0.15, -0.1) is 11.3 Å². The minimum atomic E-state index is -0.458. The molecule has 0 amide bonds. The van der Waals surface area contributed by atoms with Gasteiger partial charge in [-0.05, 0) is 6.92 Å². The maximum absolute atomic E-state index is 11.6. The molecule has 6 heteroatoms. The van der Waals surface area contributed by atoms with Crippen LogP contribution in [0.2, 0.25) is 0 Å². The summed E-state index contributed by atoms with van der Waals surface area (Å²) in [7, 11) is 1.37. The quantitative estimate of drug-likeness (QED) is 0.801. The number of aliphatic hydroxyl groups excluding tert-OH is 1. The molecule has 2 rings (SSSR count). The fourth-order valence-electron chi connectivity index (χ4n) is 2.08. The van der Waals surface area contributed by atoms with E-state index in [2.05, 4.69) is 4.98 Å². The van der Waals surface area contributed by atoms with Crippen molar-refractivity contribution in [3.8, 4) is 0 Å². The van der Waals surface area contributed by atoms with Gasteiger partial charge in [0.15, 0.2) is 0 Å². The van der Waals surface area contributed by atoms with E-state index in [1.165, 1.54) is 7.11 Å². The second-order valence-electron chi connectivity index (χ2n) is 4.22. The van der Waals surface area contributed by atoms with Crippen LogP contribution in [0.4, 0.5) is 0 Å². The van der Waals surface area contributed by atoms with Gasteiger partial charge in [-0.25, -0.2) is 4.98 Å². The fourth-order valence-corrected chi connectivity index (χ4v) is 2.90. The van der Waals surface area contributed by atoms with E-state index in [1.54, 1.807) is 11.3 Å². The number of likely N-dealkylation sites (tertiary alicyclic amines) is 1. The van der Waals surface area contributed by atoms with Gasteiger partial charge in [0.05, 0.1) is 19.8 Å². The van der Waals surface area contributed by atoms with Crippen molar-refractivity contribution >= 4 is 17.3 Å². The lowest BCUT2D eigenvalue weighted by Gasteiger charge is -2.20. The number of hydrogen-bond acceptors (Lipinski definition) is 6. The van der Waals surface area contributed by atoms with Crippen LogP contribution in [0.15, 0.2) is 6.20 Å². The maximum Gasteiger partial charge on any atom is 0.323 e. The predicted molar refractivity (Wildman–Crippen MR) is 63.7 cm³/mol. The zero-order valence-corrected chi connectivity index (χ0v) is 10.7. The van der Waals surface area contributed by atoms with Gasteiger partial charge in [0.2, 0.25) is 0 Å². The molecule has 1 aliphatic heterocycles. The Morgan fingerprint density at radius 1 is 1.76 bits per heavy atom.